The molecule has 8 heteroatoms. The van der Waals surface area contributed by atoms with Crippen LogP contribution in [-0.4, -0.2) is 53.7 Å². The highest BCUT2D eigenvalue weighted by atomic mass is 16.5. The predicted molar refractivity (Wildman–Crippen MR) is 162 cm³/mol. The van der Waals surface area contributed by atoms with E-state index in [2.05, 4.69) is 10.6 Å². The number of hydrogen-bond acceptors (Lipinski definition) is 5. The quantitative estimate of drug-likeness (QED) is 0.319. The first kappa shape index (κ1) is 30.1. The molecule has 3 N–H and O–H groups in total. The van der Waals surface area contributed by atoms with Crippen LogP contribution in [0.25, 0.3) is 0 Å². The average molecular weight is 576 g/mol. The van der Waals surface area contributed by atoms with Crippen LogP contribution in [-0.2, 0) is 16.0 Å². The summed E-state index contributed by atoms with van der Waals surface area (Å²) in [4.78, 5) is 40.4. The molecule has 1 heterocycles. The van der Waals surface area contributed by atoms with Crippen LogP contribution in [0.5, 0.6) is 5.75 Å². The maximum atomic E-state index is 13.6. The molecule has 5 atom stereocenters. The van der Waals surface area contributed by atoms with Gasteiger partial charge >= 0.3 is 0 Å². The Hall–Kier alpha value is -3.39. The largest absolute Gasteiger partial charge is 0.491 e. The number of aliphatic hydroxyl groups is 1. The van der Waals surface area contributed by atoms with Crippen molar-refractivity contribution in [3.8, 4) is 5.75 Å². The molecule has 2 aromatic rings. The Morgan fingerprint density at radius 3 is 2.57 bits per heavy atom. The molecule has 8 nitrogen and oxygen atoms in total. The summed E-state index contributed by atoms with van der Waals surface area (Å²) in [6, 6.07) is 14.7. The summed E-state index contributed by atoms with van der Waals surface area (Å²) in [5.74, 6) is 1.66. The topological polar surface area (TPSA) is 108 Å². The van der Waals surface area contributed by atoms with Crippen molar-refractivity contribution in [2.75, 3.05) is 11.4 Å². The van der Waals surface area contributed by atoms with Crippen LogP contribution in [0, 0.1) is 11.8 Å². The van der Waals surface area contributed by atoms with Crippen LogP contribution in [0.2, 0.25) is 0 Å². The zero-order valence-corrected chi connectivity index (χ0v) is 24.9. The van der Waals surface area contributed by atoms with Gasteiger partial charge in [0, 0.05) is 42.7 Å². The third-order valence-electron chi connectivity index (χ3n) is 8.98. The minimum Gasteiger partial charge on any atom is -0.491 e. The van der Waals surface area contributed by atoms with Crippen molar-refractivity contribution < 1.29 is 24.2 Å². The van der Waals surface area contributed by atoms with E-state index in [-0.39, 0.29) is 23.8 Å². The van der Waals surface area contributed by atoms with E-state index in [9.17, 15) is 19.5 Å². The minimum absolute atomic E-state index is 0.0323. The van der Waals surface area contributed by atoms with Gasteiger partial charge in [-0.3, -0.25) is 14.4 Å². The molecule has 3 fully saturated rings. The van der Waals surface area contributed by atoms with Crippen LogP contribution < -0.4 is 20.3 Å². The molecular formula is C34H45N3O5. The Labute approximate surface area is 249 Å². The van der Waals surface area contributed by atoms with E-state index in [0.717, 1.165) is 24.3 Å². The lowest BCUT2D eigenvalue weighted by atomic mass is 9.95. The first-order valence-corrected chi connectivity index (χ1v) is 15.7. The van der Waals surface area contributed by atoms with Crippen LogP contribution in [0.3, 0.4) is 0 Å². The number of fused-ring (bicyclic) bond motifs is 2. The first-order chi connectivity index (χ1) is 20.2. The monoisotopic (exact) mass is 575 g/mol. The normalized spacial score (nSPS) is 22.8. The lowest BCUT2D eigenvalue weighted by Gasteiger charge is -2.26. The Kier molecular flexibility index (Phi) is 9.83. The Balaban J connectivity index is 1.25. The summed E-state index contributed by atoms with van der Waals surface area (Å²) in [5.41, 5.74) is 2.01. The Morgan fingerprint density at radius 2 is 1.90 bits per heavy atom. The molecule has 3 aliphatic rings. The fourth-order valence-electron chi connectivity index (χ4n) is 6.91. The molecule has 0 radical (unpaired) electrons. The van der Waals surface area contributed by atoms with E-state index < -0.39 is 12.1 Å². The maximum Gasteiger partial charge on any atom is 0.251 e. The standard InChI is InChI=1S/C34H45N3O5/c1-22(2)42-28-20-26(19-27(21-28)37-15-7-12-33(37)40)34(41)36-30(17-23-8-4-3-5-9-23)31(38)10-6-11-32(39)35-29-18-24-13-14-25(29)16-24/h3-5,8-9,19-22,24-25,29-31,38H,6-7,10-18H2,1-2H3,(H,35,39)(H,36,41). The van der Waals surface area contributed by atoms with Crippen molar-refractivity contribution in [1.82, 2.24) is 10.6 Å². The van der Waals surface area contributed by atoms with Gasteiger partial charge in [-0.1, -0.05) is 36.8 Å². The second kappa shape index (κ2) is 13.7. The van der Waals surface area contributed by atoms with Gasteiger partial charge in [0.1, 0.15) is 5.75 Å². The van der Waals surface area contributed by atoms with E-state index in [1.54, 1.807) is 23.1 Å². The van der Waals surface area contributed by atoms with Crippen LogP contribution >= 0.6 is 0 Å². The predicted octanol–water partition coefficient (Wildman–Crippen LogP) is 4.78. The Bertz CT molecular complexity index is 1250. The second-order valence-electron chi connectivity index (χ2n) is 12.6. The molecule has 2 saturated carbocycles. The van der Waals surface area contributed by atoms with E-state index in [4.69, 9.17) is 4.74 Å². The van der Waals surface area contributed by atoms with E-state index >= 15 is 0 Å². The lowest BCUT2D eigenvalue weighted by Crippen LogP contribution is -2.45. The molecule has 3 amide bonds. The van der Waals surface area contributed by atoms with Gasteiger partial charge in [-0.25, -0.2) is 0 Å². The number of nitrogens with one attached hydrogen (secondary N) is 2. The SMILES string of the molecule is CC(C)Oc1cc(C(=O)NC(Cc2ccccc2)C(O)CCCC(=O)NC2CC3CCC2C3)cc(N2CCCC2=O)c1. The number of anilines is 1. The molecule has 2 bridgehead atoms. The zero-order chi connectivity index (χ0) is 29.6. The van der Waals surface area contributed by atoms with Crippen molar-refractivity contribution in [2.24, 2.45) is 11.8 Å². The van der Waals surface area contributed by atoms with E-state index in [1.807, 2.05) is 44.2 Å². The molecule has 226 valence electrons. The summed E-state index contributed by atoms with van der Waals surface area (Å²) >= 11 is 0. The van der Waals surface area contributed by atoms with Gasteiger partial charge in [-0.05, 0) is 88.3 Å². The third-order valence-corrected chi connectivity index (χ3v) is 8.98. The third kappa shape index (κ3) is 7.71. The molecule has 5 unspecified atom stereocenters. The highest BCUT2D eigenvalue weighted by Crippen LogP contribution is 2.44. The molecule has 2 aliphatic carbocycles. The molecule has 1 saturated heterocycles. The van der Waals surface area contributed by atoms with Gasteiger partial charge < -0.3 is 25.4 Å². The van der Waals surface area contributed by atoms with Crippen molar-refractivity contribution in [3.63, 3.8) is 0 Å². The fraction of sp³-hybridized carbons (Fsp3) is 0.559. The highest BCUT2D eigenvalue weighted by Gasteiger charge is 2.40. The smallest absolute Gasteiger partial charge is 0.251 e. The van der Waals surface area contributed by atoms with Gasteiger partial charge in [0.2, 0.25) is 11.8 Å². The number of ether oxygens (including phenoxy) is 1. The maximum absolute atomic E-state index is 13.6. The van der Waals surface area contributed by atoms with Crippen molar-refractivity contribution in [1.29, 1.82) is 0 Å². The van der Waals surface area contributed by atoms with E-state index in [1.165, 1.54) is 19.3 Å². The fourth-order valence-corrected chi connectivity index (χ4v) is 6.91. The van der Waals surface area contributed by atoms with Gasteiger partial charge in [0.05, 0.1) is 18.2 Å². The molecule has 5 rings (SSSR count). The summed E-state index contributed by atoms with van der Waals surface area (Å²) in [6.07, 6.45) is 6.93. The molecule has 2 aromatic carbocycles. The zero-order valence-electron chi connectivity index (χ0n) is 24.9. The number of rotatable bonds is 13. The lowest BCUT2D eigenvalue weighted by molar-refractivity contribution is -0.122. The van der Waals surface area contributed by atoms with Gasteiger partial charge in [-0.2, -0.15) is 0 Å². The highest BCUT2D eigenvalue weighted by molar-refractivity contribution is 5.99. The summed E-state index contributed by atoms with van der Waals surface area (Å²) in [6.45, 7) is 4.44. The molecule has 0 aromatic heterocycles. The number of amides is 3. The number of carbonyl (C=O) groups is 3. The first-order valence-electron chi connectivity index (χ1n) is 15.7. The van der Waals surface area contributed by atoms with Crippen LogP contribution in [0.15, 0.2) is 48.5 Å². The van der Waals surface area contributed by atoms with Crippen molar-refractivity contribution in [2.45, 2.75) is 102 Å². The van der Waals surface area contributed by atoms with Crippen LogP contribution in [0.4, 0.5) is 5.69 Å². The van der Waals surface area contributed by atoms with Gasteiger partial charge in [-0.15, -0.1) is 0 Å². The summed E-state index contributed by atoms with van der Waals surface area (Å²) < 4.78 is 5.92. The number of benzene rings is 2. The minimum atomic E-state index is -0.834. The van der Waals surface area contributed by atoms with Crippen LogP contribution in [0.1, 0.15) is 87.6 Å². The average Bonchev–Trinajstić information content (AvgIpc) is 3.70. The molecule has 0 spiro atoms. The molecular weight excluding hydrogens is 530 g/mol. The summed E-state index contributed by atoms with van der Waals surface area (Å²) in [5, 5.41) is 17.5. The second-order valence-corrected chi connectivity index (χ2v) is 12.6. The summed E-state index contributed by atoms with van der Waals surface area (Å²) in [7, 11) is 0. The number of nitrogens with zero attached hydrogens (tertiary/aromatic N) is 1. The van der Waals surface area contributed by atoms with Crippen molar-refractivity contribution >= 4 is 23.4 Å². The number of aliphatic hydroxyl groups excluding tert-OH is 1. The number of carbonyl (C=O) groups excluding carboxylic acids is 3. The molecule has 1 aliphatic heterocycles. The van der Waals surface area contributed by atoms with Gasteiger partial charge in [0.15, 0.2) is 0 Å². The Morgan fingerprint density at radius 1 is 1.10 bits per heavy atom. The van der Waals surface area contributed by atoms with E-state index in [0.29, 0.717) is 67.6 Å². The number of hydrogen-bond donors (Lipinski definition) is 3. The molecule has 42 heavy (non-hydrogen) atoms. The van der Waals surface area contributed by atoms with Gasteiger partial charge in [0.25, 0.3) is 5.91 Å². The van der Waals surface area contributed by atoms with Crippen molar-refractivity contribution in [3.05, 3.63) is 59.7 Å².